The molecule has 5 heteroatoms. The van der Waals surface area contributed by atoms with Crippen LogP contribution in [0.25, 0.3) is 0 Å². The molecule has 1 aromatic rings. The third-order valence-corrected chi connectivity index (χ3v) is 4.61. The molecule has 1 fully saturated rings. The zero-order chi connectivity index (χ0) is 17.3. The second kappa shape index (κ2) is 6.46. The van der Waals surface area contributed by atoms with E-state index < -0.39 is 5.60 Å². The van der Waals surface area contributed by atoms with Crippen molar-refractivity contribution in [3.63, 3.8) is 0 Å². The van der Waals surface area contributed by atoms with E-state index in [0.29, 0.717) is 19.6 Å². The van der Waals surface area contributed by atoms with Crippen LogP contribution in [0.3, 0.4) is 0 Å². The number of nitrogens with zero attached hydrogens (tertiary/aromatic N) is 2. The minimum Gasteiger partial charge on any atom is -0.444 e. The van der Waals surface area contributed by atoms with E-state index in [-0.39, 0.29) is 18.0 Å². The SMILES string of the molecule is CC(C)(C)OC(=O)N1CCC[C@@H]1C(=O)N1CCc2ccccc2C1. The van der Waals surface area contributed by atoms with Crippen LogP contribution in [0.1, 0.15) is 44.7 Å². The average Bonchev–Trinajstić information content (AvgIpc) is 3.02. The van der Waals surface area contributed by atoms with Crippen molar-refractivity contribution in [1.29, 1.82) is 0 Å². The molecule has 2 heterocycles. The summed E-state index contributed by atoms with van der Waals surface area (Å²) in [4.78, 5) is 28.8. The minimum atomic E-state index is -0.544. The number of fused-ring (bicyclic) bond motifs is 1. The molecule has 0 aromatic heterocycles. The van der Waals surface area contributed by atoms with Crippen molar-refractivity contribution < 1.29 is 14.3 Å². The Morgan fingerprint density at radius 1 is 1.12 bits per heavy atom. The van der Waals surface area contributed by atoms with Crippen molar-refractivity contribution in [1.82, 2.24) is 9.80 Å². The van der Waals surface area contributed by atoms with Gasteiger partial charge in [0.05, 0.1) is 0 Å². The molecule has 24 heavy (non-hydrogen) atoms. The molecular weight excluding hydrogens is 304 g/mol. The topological polar surface area (TPSA) is 49.9 Å². The monoisotopic (exact) mass is 330 g/mol. The zero-order valence-electron chi connectivity index (χ0n) is 14.7. The van der Waals surface area contributed by atoms with E-state index in [1.54, 1.807) is 4.90 Å². The van der Waals surface area contributed by atoms with Gasteiger partial charge in [-0.3, -0.25) is 9.69 Å². The molecule has 0 saturated carbocycles. The minimum absolute atomic E-state index is 0.0489. The first-order chi connectivity index (χ1) is 11.3. The Hall–Kier alpha value is -2.04. The standard InChI is InChI=1S/C19H26N2O3/c1-19(2,3)24-18(23)21-11-6-9-16(21)17(22)20-12-10-14-7-4-5-8-15(14)13-20/h4-5,7-8,16H,6,9-13H2,1-3H3/t16-/m1/s1. The van der Waals surface area contributed by atoms with E-state index in [1.807, 2.05) is 37.8 Å². The summed E-state index contributed by atoms with van der Waals surface area (Å²) in [5.74, 6) is 0.0489. The number of hydrogen-bond donors (Lipinski definition) is 0. The van der Waals surface area contributed by atoms with Crippen molar-refractivity contribution in [2.24, 2.45) is 0 Å². The number of likely N-dealkylation sites (tertiary alicyclic amines) is 1. The summed E-state index contributed by atoms with van der Waals surface area (Å²) >= 11 is 0. The fourth-order valence-corrected chi connectivity index (χ4v) is 3.46. The van der Waals surface area contributed by atoms with Gasteiger partial charge in [0.1, 0.15) is 11.6 Å². The van der Waals surface area contributed by atoms with Gasteiger partial charge in [-0.05, 0) is 51.2 Å². The number of amides is 2. The van der Waals surface area contributed by atoms with Crippen molar-refractivity contribution in [3.8, 4) is 0 Å². The first kappa shape index (κ1) is 16.8. The lowest BCUT2D eigenvalue weighted by atomic mass is 9.99. The molecule has 0 bridgehead atoms. The van der Waals surface area contributed by atoms with E-state index in [1.165, 1.54) is 11.1 Å². The van der Waals surface area contributed by atoms with Crippen molar-refractivity contribution in [2.45, 2.75) is 58.2 Å². The van der Waals surface area contributed by atoms with Gasteiger partial charge in [0.25, 0.3) is 0 Å². The molecule has 0 spiro atoms. The van der Waals surface area contributed by atoms with Crippen LogP contribution in [0.5, 0.6) is 0 Å². The summed E-state index contributed by atoms with van der Waals surface area (Å²) < 4.78 is 5.46. The van der Waals surface area contributed by atoms with Gasteiger partial charge in [-0.1, -0.05) is 24.3 Å². The lowest BCUT2D eigenvalue weighted by Crippen LogP contribution is -2.50. The Kier molecular flexibility index (Phi) is 4.52. The Balaban J connectivity index is 1.69. The van der Waals surface area contributed by atoms with Crippen LogP contribution < -0.4 is 0 Å². The quantitative estimate of drug-likeness (QED) is 0.795. The fraction of sp³-hybridized carbons (Fsp3) is 0.579. The molecule has 0 N–H and O–H groups in total. The molecule has 5 nitrogen and oxygen atoms in total. The van der Waals surface area contributed by atoms with Crippen LogP contribution in [0.2, 0.25) is 0 Å². The maximum absolute atomic E-state index is 13.0. The van der Waals surface area contributed by atoms with Crippen LogP contribution in [0.15, 0.2) is 24.3 Å². The highest BCUT2D eigenvalue weighted by Gasteiger charge is 2.39. The molecule has 1 aromatic carbocycles. The Morgan fingerprint density at radius 3 is 2.54 bits per heavy atom. The van der Waals surface area contributed by atoms with Crippen molar-refractivity contribution >= 4 is 12.0 Å². The van der Waals surface area contributed by atoms with Gasteiger partial charge in [-0.25, -0.2) is 4.79 Å². The maximum atomic E-state index is 13.0. The molecule has 0 radical (unpaired) electrons. The second-order valence-corrected chi connectivity index (χ2v) is 7.61. The lowest BCUT2D eigenvalue weighted by Gasteiger charge is -2.34. The summed E-state index contributed by atoms with van der Waals surface area (Å²) in [5, 5.41) is 0. The summed E-state index contributed by atoms with van der Waals surface area (Å²) in [6.07, 6.45) is 2.06. The molecule has 0 aliphatic carbocycles. The van der Waals surface area contributed by atoms with Gasteiger partial charge in [-0.2, -0.15) is 0 Å². The second-order valence-electron chi connectivity index (χ2n) is 7.61. The van der Waals surface area contributed by atoms with Crippen molar-refractivity contribution in [2.75, 3.05) is 13.1 Å². The van der Waals surface area contributed by atoms with Crippen LogP contribution in [-0.2, 0) is 22.5 Å². The van der Waals surface area contributed by atoms with E-state index in [0.717, 1.165) is 19.3 Å². The number of carbonyl (C=O) groups excluding carboxylic acids is 2. The van der Waals surface area contributed by atoms with E-state index in [4.69, 9.17) is 4.74 Å². The number of carbonyl (C=O) groups is 2. The summed E-state index contributed by atoms with van der Waals surface area (Å²) in [5.41, 5.74) is 1.98. The molecule has 2 amide bonds. The third-order valence-electron chi connectivity index (χ3n) is 4.61. The highest BCUT2D eigenvalue weighted by molar-refractivity contribution is 5.86. The number of hydrogen-bond acceptors (Lipinski definition) is 3. The summed E-state index contributed by atoms with van der Waals surface area (Å²) in [7, 11) is 0. The fourth-order valence-electron chi connectivity index (χ4n) is 3.46. The van der Waals surface area contributed by atoms with Crippen LogP contribution in [0, 0.1) is 0 Å². The van der Waals surface area contributed by atoms with Crippen LogP contribution in [-0.4, -0.2) is 46.5 Å². The molecule has 3 rings (SSSR count). The van der Waals surface area contributed by atoms with Gasteiger partial charge >= 0.3 is 6.09 Å². The third kappa shape index (κ3) is 3.55. The van der Waals surface area contributed by atoms with Gasteiger partial charge < -0.3 is 9.64 Å². The highest BCUT2D eigenvalue weighted by atomic mass is 16.6. The van der Waals surface area contributed by atoms with Gasteiger partial charge in [-0.15, -0.1) is 0 Å². The molecule has 130 valence electrons. The van der Waals surface area contributed by atoms with E-state index >= 15 is 0 Å². The predicted molar refractivity (Wildman–Crippen MR) is 91.5 cm³/mol. The molecular formula is C19H26N2O3. The molecule has 1 saturated heterocycles. The number of benzene rings is 1. The smallest absolute Gasteiger partial charge is 0.410 e. The summed E-state index contributed by atoms with van der Waals surface area (Å²) in [6.45, 7) is 7.48. The van der Waals surface area contributed by atoms with Crippen LogP contribution >= 0.6 is 0 Å². The van der Waals surface area contributed by atoms with E-state index in [9.17, 15) is 9.59 Å². The predicted octanol–water partition coefficient (Wildman–Crippen LogP) is 2.97. The molecule has 0 unspecified atom stereocenters. The summed E-state index contributed by atoms with van der Waals surface area (Å²) in [6, 6.07) is 7.87. The molecule has 1 atom stereocenters. The van der Waals surface area contributed by atoms with Gasteiger partial charge in [0, 0.05) is 19.6 Å². The van der Waals surface area contributed by atoms with E-state index in [2.05, 4.69) is 12.1 Å². The largest absolute Gasteiger partial charge is 0.444 e. The first-order valence-corrected chi connectivity index (χ1v) is 8.70. The normalized spacial score (nSPS) is 20.7. The maximum Gasteiger partial charge on any atom is 0.410 e. The molecule has 2 aliphatic heterocycles. The number of ether oxygens (including phenoxy) is 1. The Bertz CT molecular complexity index is 636. The number of rotatable bonds is 1. The van der Waals surface area contributed by atoms with Gasteiger partial charge in [0.2, 0.25) is 5.91 Å². The Morgan fingerprint density at radius 2 is 1.83 bits per heavy atom. The molecule has 2 aliphatic rings. The zero-order valence-corrected chi connectivity index (χ0v) is 14.7. The van der Waals surface area contributed by atoms with Crippen LogP contribution in [0.4, 0.5) is 4.79 Å². The van der Waals surface area contributed by atoms with Crippen molar-refractivity contribution in [3.05, 3.63) is 35.4 Å². The highest BCUT2D eigenvalue weighted by Crippen LogP contribution is 2.25. The first-order valence-electron chi connectivity index (χ1n) is 8.70. The average molecular weight is 330 g/mol. The van der Waals surface area contributed by atoms with Gasteiger partial charge in [0.15, 0.2) is 0 Å². The Labute approximate surface area is 143 Å². The lowest BCUT2D eigenvalue weighted by molar-refractivity contribution is -0.136.